The minimum Gasteiger partial charge on any atom is -0.306 e. The zero-order valence-electron chi connectivity index (χ0n) is 18.2. The van der Waals surface area contributed by atoms with Crippen LogP contribution in [0.5, 0.6) is 0 Å². The summed E-state index contributed by atoms with van der Waals surface area (Å²) in [6.45, 7) is 2.47. The van der Waals surface area contributed by atoms with Gasteiger partial charge >= 0.3 is 0 Å². The number of nitrogens with one attached hydrogen (secondary N) is 1. The highest BCUT2D eigenvalue weighted by atomic mass is 35.5. The number of carbonyl (C=O) groups is 1. The lowest BCUT2D eigenvalue weighted by atomic mass is 10.2. The molecule has 1 N–H and O–H groups in total. The molecule has 0 spiro atoms. The summed E-state index contributed by atoms with van der Waals surface area (Å²) in [7, 11) is -7.01. The number of carbonyl (C=O) groups excluding carboxylic acids is 1. The molecule has 0 aliphatic carbocycles. The molecule has 0 atom stereocenters. The molecule has 0 radical (unpaired) electrons. The third-order valence-corrected chi connectivity index (χ3v) is 7.87. The maximum Gasteiger partial charge on any atom is 0.276 e. The van der Waals surface area contributed by atoms with Crippen LogP contribution in [0.4, 0.5) is 5.69 Å². The summed E-state index contributed by atoms with van der Waals surface area (Å²) < 4.78 is 49.7. The topological polar surface area (TPSA) is 106 Å². The Labute approximate surface area is 194 Å². The Morgan fingerprint density at radius 3 is 2.50 bits per heavy atom. The third kappa shape index (κ3) is 5.85. The summed E-state index contributed by atoms with van der Waals surface area (Å²) in [6.07, 6.45) is 7.57. The molecule has 0 unspecified atom stereocenters. The van der Waals surface area contributed by atoms with Crippen molar-refractivity contribution in [2.75, 3.05) is 28.3 Å². The normalized spacial score (nSPS) is 13.9. The summed E-state index contributed by atoms with van der Waals surface area (Å²) in [5.41, 5.74) is 1.45. The summed E-state index contributed by atoms with van der Waals surface area (Å²) in [6, 6.07) is 6.21. The van der Waals surface area contributed by atoms with Crippen molar-refractivity contribution in [2.24, 2.45) is 0 Å². The van der Waals surface area contributed by atoms with Gasteiger partial charge in [-0.1, -0.05) is 44.2 Å². The van der Waals surface area contributed by atoms with E-state index in [9.17, 15) is 21.6 Å². The molecule has 1 aromatic heterocycles. The molecule has 2 aromatic rings. The monoisotopic (exact) mass is 501 g/mol. The standard InChI is InChI=1S/C21H28ClN3O5S2/c1-3-4-5-6-7-12-32(29,30)18-8-9-19-16(13-18)10-11-24(19)21(26)20-14-17(22)15-25(20)23-31(2,27)28/h8-9,13-15,23H,3-7,10-12H2,1-2H3. The number of sulfone groups is 1. The van der Waals surface area contributed by atoms with Gasteiger partial charge < -0.3 is 4.90 Å². The SMILES string of the molecule is CCCCCCCS(=O)(=O)c1ccc2c(c1)CCN2C(=O)c1cc(Cl)cn1NS(C)(=O)=O. The highest BCUT2D eigenvalue weighted by molar-refractivity contribution is 7.91. The van der Waals surface area contributed by atoms with Crippen LogP contribution in [0.2, 0.25) is 5.02 Å². The molecule has 0 saturated heterocycles. The Hall–Kier alpha value is -2.04. The predicted molar refractivity (Wildman–Crippen MR) is 126 cm³/mol. The van der Waals surface area contributed by atoms with Gasteiger partial charge in [0.25, 0.3) is 5.91 Å². The van der Waals surface area contributed by atoms with E-state index in [0.29, 0.717) is 25.1 Å². The summed E-state index contributed by atoms with van der Waals surface area (Å²) in [4.78, 5) is 17.1. The Morgan fingerprint density at radius 2 is 1.81 bits per heavy atom. The lowest BCUT2D eigenvalue weighted by Crippen LogP contribution is -2.33. The van der Waals surface area contributed by atoms with Gasteiger partial charge in [0.2, 0.25) is 10.0 Å². The Morgan fingerprint density at radius 1 is 1.09 bits per heavy atom. The molecule has 0 fully saturated rings. The molecule has 11 heteroatoms. The van der Waals surface area contributed by atoms with Crippen molar-refractivity contribution in [1.29, 1.82) is 0 Å². The molecule has 32 heavy (non-hydrogen) atoms. The largest absolute Gasteiger partial charge is 0.306 e. The summed E-state index contributed by atoms with van der Waals surface area (Å²) >= 11 is 5.99. The van der Waals surface area contributed by atoms with Crippen LogP contribution in [-0.2, 0) is 26.3 Å². The lowest BCUT2D eigenvalue weighted by Gasteiger charge is -2.19. The van der Waals surface area contributed by atoms with E-state index >= 15 is 0 Å². The second kappa shape index (κ2) is 9.84. The number of anilines is 1. The van der Waals surface area contributed by atoms with Crippen molar-refractivity contribution in [3.63, 3.8) is 0 Å². The van der Waals surface area contributed by atoms with E-state index in [-0.39, 0.29) is 21.4 Å². The Balaban J connectivity index is 1.78. The van der Waals surface area contributed by atoms with E-state index in [0.717, 1.165) is 42.2 Å². The van der Waals surface area contributed by atoms with Crippen LogP contribution >= 0.6 is 11.6 Å². The number of hydrogen-bond donors (Lipinski definition) is 1. The number of unbranched alkanes of at least 4 members (excludes halogenated alkanes) is 4. The van der Waals surface area contributed by atoms with Crippen molar-refractivity contribution in [2.45, 2.75) is 50.3 Å². The van der Waals surface area contributed by atoms with Crippen LogP contribution in [0.1, 0.15) is 55.1 Å². The average molecular weight is 502 g/mol. The van der Waals surface area contributed by atoms with Crippen LogP contribution in [0.15, 0.2) is 35.4 Å². The number of rotatable bonds is 10. The first-order chi connectivity index (χ1) is 15.0. The van der Waals surface area contributed by atoms with E-state index in [1.165, 1.54) is 23.2 Å². The average Bonchev–Trinajstić information content (AvgIpc) is 3.28. The highest BCUT2D eigenvalue weighted by Gasteiger charge is 2.29. The minimum absolute atomic E-state index is 0.0667. The number of halogens is 1. The Kier molecular flexibility index (Phi) is 7.57. The quantitative estimate of drug-likeness (QED) is 0.501. The minimum atomic E-state index is -3.62. The highest BCUT2D eigenvalue weighted by Crippen LogP contribution is 2.32. The molecule has 3 rings (SSSR count). The van der Waals surface area contributed by atoms with Gasteiger partial charge in [-0.15, -0.1) is 0 Å². The molecule has 1 amide bonds. The first-order valence-electron chi connectivity index (χ1n) is 10.5. The zero-order chi connectivity index (χ0) is 23.5. The molecule has 2 heterocycles. The maximum atomic E-state index is 13.1. The molecular weight excluding hydrogens is 474 g/mol. The van der Waals surface area contributed by atoms with Crippen molar-refractivity contribution < 1.29 is 21.6 Å². The van der Waals surface area contributed by atoms with Gasteiger partial charge in [-0.2, -0.15) is 0 Å². The van der Waals surface area contributed by atoms with E-state index < -0.39 is 25.8 Å². The smallest absolute Gasteiger partial charge is 0.276 e. The fourth-order valence-electron chi connectivity index (χ4n) is 3.78. The number of fused-ring (bicyclic) bond motifs is 1. The number of benzene rings is 1. The number of aromatic nitrogens is 1. The van der Waals surface area contributed by atoms with Crippen LogP contribution in [0, 0.1) is 0 Å². The van der Waals surface area contributed by atoms with Gasteiger partial charge in [-0.05, 0) is 42.7 Å². The second-order valence-electron chi connectivity index (χ2n) is 8.01. The van der Waals surface area contributed by atoms with Gasteiger partial charge in [0.05, 0.1) is 21.9 Å². The van der Waals surface area contributed by atoms with Crippen LogP contribution in [0.3, 0.4) is 0 Å². The van der Waals surface area contributed by atoms with E-state index in [2.05, 4.69) is 11.8 Å². The van der Waals surface area contributed by atoms with Gasteiger partial charge in [0, 0.05) is 18.4 Å². The van der Waals surface area contributed by atoms with Gasteiger partial charge in [0.1, 0.15) is 5.69 Å². The second-order valence-corrected chi connectivity index (χ2v) is 12.3. The van der Waals surface area contributed by atoms with Crippen molar-refractivity contribution in [3.05, 3.63) is 46.7 Å². The first-order valence-corrected chi connectivity index (χ1v) is 14.5. The molecule has 176 valence electrons. The number of hydrogen-bond acceptors (Lipinski definition) is 5. The van der Waals surface area contributed by atoms with E-state index in [4.69, 9.17) is 11.6 Å². The first kappa shape index (κ1) is 24.6. The van der Waals surface area contributed by atoms with Crippen LogP contribution in [-0.4, -0.2) is 46.0 Å². The van der Waals surface area contributed by atoms with Gasteiger partial charge in [-0.3, -0.25) is 4.79 Å². The number of amides is 1. The van der Waals surface area contributed by atoms with Gasteiger partial charge in [-0.25, -0.2) is 26.3 Å². The fraction of sp³-hybridized carbons (Fsp3) is 0.476. The van der Waals surface area contributed by atoms with E-state index in [1.807, 2.05) is 0 Å². The molecular formula is C21H28ClN3O5S2. The molecule has 0 bridgehead atoms. The summed E-state index contributed by atoms with van der Waals surface area (Å²) in [5.74, 6) is -0.320. The van der Waals surface area contributed by atoms with Crippen molar-refractivity contribution in [3.8, 4) is 0 Å². The lowest BCUT2D eigenvalue weighted by molar-refractivity contribution is 0.0982. The number of nitrogens with zero attached hydrogens (tertiary/aromatic N) is 2. The van der Waals surface area contributed by atoms with Crippen LogP contribution in [0.25, 0.3) is 0 Å². The van der Waals surface area contributed by atoms with Crippen molar-refractivity contribution >= 4 is 43.1 Å². The zero-order valence-corrected chi connectivity index (χ0v) is 20.6. The Bertz CT molecular complexity index is 1210. The number of sulfonamides is 1. The van der Waals surface area contributed by atoms with Crippen molar-refractivity contribution in [1.82, 2.24) is 4.68 Å². The van der Waals surface area contributed by atoms with Gasteiger partial charge in [0.15, 0.2) is 9.84 Å². The summed E-state index contributed by atoms with van der Waals surface area (Å²) in [5, 5.41) is 0.212. The molecule has 1 aliphatic heterocycles. The van der Waals surface area contributed by atoms with E-state index in [1.54, 1.807) is 12.1 Å². The van der Waals surface area contributed by atoms with Crippen LogP contribution < -0.4 is 9.73 Å². The third-order valence-electron chi connectivity index (χ3n) is 5.34. The molecule has 1 aliphatic rings. The fourth-order valence-corrected chi connectivity index (χ4v) is 5.91. The predicted octanol–water partition coefficient (Wildman–Crippen LogP) is 3.59. The molecule has 8 nitrogen and oxygen atoms in total. The molecule has 0 saturated carbocycles. The molecule has 1 aromatic carbocycles. The maximum absolute atomic E-state index is 13.1.